The molecule has 2 aliphatic heterocycles. The predicted octanol–water partition coefficient (Wildman–Crippen LogP) is 2.38. The number of morpholine rings is 1. The molecule has 0 N–H and O–H groups in total. The van der Waals surface area contributed by atoms with E-state index in [9.17, 15) is 4.79 Å². The van der Waals surface area contributed by atoms with E-state index in [4.69, 9.17) is 4.74 Å². The molecule has 2 aliphatic carbocycles. The second-order valence-corrected chi connectivity index (χ2v) is 8.40. The molecule has 4 rings (SSSR count). The normalized spacial score (nSPS) is 38.2. The van der Waals surface area contributed by atoms with Crippen LogP contribution in [-0.2, 0) is 9.53 Å². The maximum absolute atomic E-state index is 12.8. The molecule has 0 aromatic carbocycles. The smallest absolute Gasteiger partial charge is 0.222 e. The predicted molar refractivity (Wildman–Crippen MR) is 90.1 cm³/mol. The lowest BCUT2D eigenvalue weighted by atomic mass is 9.85. The first kappa shape index (κ1) is 15.9. The van der Waals surface area contributed by atoms with Crippen LogP contribution >= 0.6 is 0 Å². The van der Waals surface area contributed by atoms with Crippen LogP contribution in [0.4, 0.5) is 0 Å². The molecule has 4 aliphatic rings. The third kappa shape index (κ3) is 3.74. The van der Waals surface area contributed by atoms with Crippen LogP contribution in [0.1, 0.15) is 44.9 Å². The van der Waals surface area contributed by atoms with Crippen molar-refractivity contribution in [3.05, 3.63) is 0 Å². The quantitative estimate of drug-likeness (QED) is 0.797. The summed E-state index contributed by atoms with van der Waals surface area (Å²) >= 11 is 0. The zero-order chi connectivity index (χ0) is 15.6. The number of carbonyl (C=O) groups excluding carboxylic acids is 1. The monoisotopic (exact) mass is 320 g/mol. The van der Waals surface area contributed by atoms with E-state index < -0.39 is 0 Å². The van der Waals surface area contributed by atoms with Gasteiger partial charge in [0.15, 0.2) is 0 Å². The minimum absolute atomic E-state index is 0.453. The van der Waals surface area contributed by atoms with Crippen molar-refractivity contribution in [2.75, 3.05) is 45.9 Å². The molecule has 0 aromatic rings. The van der Waals surface area contributed by atoms with Crippen molar-refractivity contribution in [1.82, 2.24) is 9.80 Å². The molecule has 4 nitrogen and oxygen atoms in total. The SMILES string of the molecule is O=C(C[C@@H]1C[C@H]2CC[C@H]1C2)N1CCC[C@@H](CN2CCOCC2)C1. The van der Waals surface area contributed by atoms with Gasteiger partial charge >= 0.3 is 0 Å². The van der Waals surface area contributed by atoms with Crippen molar-refractivity contribution in [3.8, 4) is 0 Å². The van der Waals surface area contributed by atoms with E-state index in [1.807, 2.05) is 0 Å². The van der Waals surface area contributed by atoms with E-state index in [0.717, 1.165) is 64.2 Å². The van der Waals surface area contributed by atoms with E-state index in [1.54, 1.807) is 0 Å². The van der Waals surface area contributed by atoms with Crippen molar-refractivity contribution >= 4 is 5.91 Å². The number of fused-ring (bicyclic) bond motifs is 2. The van der Waals surface area contributed by atoms with Gasteiger partial charge in [0.1, 0.15) is 0 Å². The third-order valence-electron chi connectivity index (χ3n) is 6.81. The lowest BCUT2D eigenvalue weighted by Gasteiger charge is -2.37. The average molecular weight is 320 g/mol. The molecule has 4 fully saturated rings. The minimum Gasteiger partial charge on any atom is -0.379 e. The number of rotatable bonds is 4. The van der Waals surface area contributed by atoms with Crippen LogP contribution in [0.15, 0.2) is 0 Å². The molecule has 1 amide bonds. The second kappa shape index (κ2) is 7.10. The number of amides is 1. The molecular formula is C19H32N2O2. The highest BCUT2D eigenvalue weighted by atomic mass is 16.5. The lowest BCUT2D eigenvalue weighted by molar-refractivity contribution is -0.134. The van der Waals surface area contributed by atoms with Crippen LogP contribution in [0, 0.1) is 23.7 Å². The van der Waals surface area contributed by atoms with Crippen LogP contribution in [-0.4, -0.2) is 61.6 Å². The highest BCUT2D eigenvalue weighted by molar-refractivity contribution is 5.76. The third-order valence-corrected chi connectivity index (χ3v) is 6.81. The standard InChI is InChI=1S/C19H32N2O2/c22-19(12-18-11-15-3-4-17(18)10-15)21-5-1-2-16(14-21)13-20-6-8-23-9-7-20/h15-18H,1-14H2/t15-,16-,17-,18-/m0/s1. The first-order valence-electron chi connectivity index (χ1n) is 9.86. The van der Waals surface area contributed by atoms with Crippen LogP contribution in [0.5, 0.6) is 0 Å². The molecule has 0 radical (unpaired) electrons. The molecule has 0 spiro atoms. The van der Waals surface area contributed by atoms with Crippen LogP contribution in [0.25, 0.3) is 0 Å². The van der Waals surface area contributed by atoms with Gasteiger partial charge in [0.25, 0.3) is 0 Å². The Morgan fingerprint density at radius 3 is 2.65 bits per heavy atom. The first-order valence-corrected chi connectivity index (χ1v) is 9.86. The number of likely N-dealkylation sites (tertiary alicyclic amines) is 1. The minimum atomic E-state index is 0.453. The summed E-state index contributed by atoms with van der Waals surface area (Å²) in [5.74, 6) is 3.66. The van der Waals surface area contributed by atoms with E-state index in [2.05, 4.69) is 9.80 Å². The van der Waals surface area contributed by atoms with Gasteiger partial charge in [-0.2, -0.15) is 0 Å². The summed E-state index contributed by atoms with van der Waals surface area (Å²) in [4.78, 5) is 17.5. The topological polar surface area (TPSA) is 32.8 Å². The van der Waals surface area contributed by atoms with Crippen molar-refractivity contribution in [2.24, 2.45) is 23.7 Å². The Labute approximate surface area is 140 Å². The summed E-state index contributed by atoms with van der Waals surface area (Å²) in [5.41, 5.74) is 0. The lowest BCUT2D eigenvalue weighted by Crippen LogP contribution is -2.46. The van der Waals surface area contributed by atoms with Crippen molar-refractivity contribution in [2.45, 2.75) is 44.9 Å². The largest absolute Gasteiger partial charge is 0.379 e. The molecule has 0 aromatic heterocycles. The number of piperidine rings is 1. The van der Waals surface area contributed by atoms with Crippen molar-refractivity contribution < 1.29 is 9.53 Å². The van der Waals surface area contributed by atoms with Gasteiger partial charge in [0.2, 0.25) is 5.91 Å². The Bertz CT molecular complexity index is 422. The molecule has 2 saturated carbocycles. The van der Waals surface area contributed by atoms with Crippen LogP contribution < -0.4 is 0 Å². The summed E-state index contributed by atoms with van der Waals surface area (Å²) in [6, 6.07) is 0. The summed E-state index contributed by atoms with van der Waals surface area (Å²) in [7, 11) is 0. The van der Waals surface area contributed by atoms with Gasteiger partial charge in [0, 0.05) is 39.1 Å². The van der Waals surface area contributed by atoms with Gasteiger partial charge in [-0.1, -0.05) is 6.42 Å². The van der Waals surface area contributed by atoms with E-state index in [1.165, 1.54) is 38.5 Å². The molecule has 2 saturated heterocycles. The molecule has 23 heavy (non-hydrogen) atoms. The fraction of sp³-hybridized carbons (Fsp3) is 0.947. The maximum atomic E-state index is 12.8. The summed E-state index contributed by atoms with van der Waals surface area (Å²) in [6.45, 7) is 7.03. The Hall–Kier alpha value is -0.610. The average Bonchev–Trinajstić information content (AvgIpc) is 3.19. The maximum Gasteiger partial charge on any atom is 0.222 e. The van der Waals surface area contributed by atoms with E-state index in [-0.39, 0.29) is 0 Å². The Morgan fingerprint density at radius 1 is 1.04 bits per heavy atom. The highest BCUT2D eigenvalue weighted by Crippen LogP contribution is 2.49. The van der Waals surface area contributed by atoms with Crippen LogP contribution in [0.3, 0.4) is 0 Å². The fourth-order valence-electron chi connectivity index (χ4n) is 5.57. The molecule has 4 atom stereocenters. The first-order chi connectivity index (χ1) is 11.3. The Kier molecular flexibility index (Phi) is 4.91. The van der Waals surface area contributed by atoms with Gasteiger partial charge in [-0.15, -0.1) is 0 Å². The molecule has 2 heterocycles. The Morgan fingerprint density at radius 2 is 1.91 bits per heavy atom. The van der Waals surface area contributed by atoms with Gasteiger partial charge < -0.3 is 9.64 Å². The zero-order valence-corrected chi connectivity index (χ0v) is 14.4. The zero-order valence-electron chi connectivity index (χ0n) is 14.4. The van der Waals surface area contributed by atoms with E-state index in [0.29, 0.717) is 17.7 Å². The van der Waals surface area contributed by atoms with Crippen LogP contribution in [0.2, 0.25) is 0 Å². The molecule has 2 bridgehead atoms. The molecule has 4 heteroatoms. The number of nitrogens with zero attached hydrogens (tertiary/aromatic N) is 2. The van der Waals surface area contributed by atoms with Gasteiger partial charge in [-0.05, 0) is 55.8 Å². The van der Waals surface area contributed by atoms with Crippen molar-refractivity contribution in [3.63, 3.8) is 0 Å². The second-order valence-electron chi connectivity index (χ2n) is 8.40. The summed E-state index contributed by atoms with van der Waals surface area (Å²) in [5, 5.41) is 0. The summed E-state index contributed by atoms with van der Waals surface area (Å²) < 4.78 is 5.44. The van der Waals surface area contributed by atoms with Gasteiger partial charge in [0.05, 0.1) is 13.2 Å². The van der Waals surface area contributed by atoms with E-state index >= 15 is 0 Å². The number of hydrogen-bond donors (Lipinski definition) is 0. The van der Waals surface area contributed by atoms with Gasteiger partial charge in [-0.3, -0.25) is 9.69 Å². The highest BCUT2D eigenvalue weighted by Gasteiger charge is 2.41. The number of ether oxygens (including phenoxy) is 1. The number of hydrogen-bond acceptors (Lipinski definition) is 3. The number of carbonyl (C=O) groups is 1. The summed E-state index contributed by atoms with van der Waals surface area (Å²) in [6.07, 6.45) is 8.89. The van der Waals surface area contributed by atoms with Crippen molar-refractivity contribution in [1.29, 1.82) is 0 Å². The molecule has 130 valence electrons. The molecular weight excluding hydrogens is 288 g/mol. The Balaban J connectivity index is 1.25. The molecule has 0 unspecified atom stereocenters. The fourth-order valence-corrected chi connectivity index (χ4v) is 5.57. The van der Waals surface area contributed by atoms with Gasteiger partial charge in [-0.25, -0.2) is 0 Å².